The molecular weight excluding hydrogens is 259 g/mol. The summed E-state index contributed by atoms with van der Waals surface area (Å²) in [4.78, 5) is 7.34. The van der Waals surface area contributed by atoms with Gasteiger partial charge in [-0.2, -0.15) is 4.98 Å². The fourth-order valence-electron chi connectivity index (χ4n) is 2.29. The Kier molecular flexibility index (Phi) is 3.99. The van der Waals surface area contributed by atoms with Crippen LogP contribution in [0.5, 0.6) is 0 Å². The fourth-order valence-corrected chi connectivity index (χ4v) is 2.42. The molecule has 18 heavy (non-hydrogen) atoms. The van der Waals surface area contributed by atoms with Crippen molar-refractivity contribution in [1.82, 2.24) is 9.97 Å². The van der Waals surface area contributed by atoms with Crippen LogP contribution in [0, 0.1) is 5.82 Å². The molecule has 5 nitrogen and oxygen atoms in total. The summed E-state index contributed by atoms with van der Waals surface area (Å²) in [6, 6.07) is -0.0623. The Hall–Kier alpha value is -0.980. The number of nitrogens with two attached hydrogens (primary N) is 1. The molecule has 0 bridgehead atoms. The first-order chi connectivity index (χ1) is 8.52. The summed E-state index contributed by atoms with van der Waals surface area (Å²) in [6.45, 7) is 0.207. The second-order valence-corrected chi connectivity index (χ2v) is 5.04. The van der Waals surface area contributed by atoms with E-state index in [0.29, 0.717) is 12.8 Å². The molecule has 0 aliphatic heterocycles. The highest BCUT2D eigenvalue weighted by molar-refractivity contribution is 6.28. The predicted molar refractivity (Wildman–Crippen MR) is 66.9 cm³/mol. The third-order valence-corrected chi connectivity index (χ3v) is 3.44. The number of aromatic nitrogens is 2. The molecule has 0 spiro atoms. The van der Waals surface area contributed by atoms with E-state index in [-0.39, 0.29) is 23.7 Å². The Bertz CT molecular complexity index is 434. The minimum absolute atomic E-state index is 0.0104. The van der Waals surface area contributed by atoms with Crippen LogP contribution in [-0.2, 0) is 0 Å². The van der Waals surface area contributed by atoms with Gasteiger partial charge in [-0.15, -0.1) is 0 Å². The van der Waals surface area contributed by atoms with Crippen LogP contribution in [0.25, 0.3) is 0 Å². The fraction of sp³-hybridized carbons (Fsp3) is 0.636. The van der Waals surface area contributed by atoms with Crippen LogP contribution in [0.15, 0.2) is 6.20 Å². The van der Waals surface area contributed by atoms with Crippen LogP contribution >= 0.6 is 11.6 Å². The van der Waals surface area contributed by atoms with Crippen molar-refractivity contribution in [2.24, 2.45) is 5.73 Å². The Morgan fingerprint density at radius 1 is 1.67 bits per heavy atom. The van der Waals surface area contributed by atoms with Crippen molar-refractivity contribution in [1.29, 1.82) is 0 Å². The van der Waals surface area contributed by atoms with E-state index in [9.17, 15) is 9.50 Å². The highest BCUT2D eigenvalue weighted by Gasteiger charge is 2.33. The lowest BCUT2D eigenvalue weighted by Gasteiger charge is -2.36. The van der Waals surface area contributed by atoms with Crippen molar-refractivity contribution >= 4 is 17.4 Å². The lowest BCUT2D eigenvalue weighted by Crippen LogP contribution is -2.46. The second-order valence-electron chi connectivity index (χ2n) is 4.70. The molecular formula is C11H16ClFN4O. The molecule has 0 aromatic carbocycles. The van der Waals surface area contributed by atoms with Gasteiger partial charge in [0.1, 0.15) is 0 Å². The first-order valence-electron chi connectivity index (χ1n) is 5.89. The van der Waals surface area contributed by atoms with Gasteiger partial charge in [0.05, 0.1) is 11.8 Å². The summed E-state index contributed by atoms with van der Waals surface area (Å²) < 4.78 is 13.5. The van der Waals surface area contributed by atoms with Crippen LogP contribution < -0.4 is 11.1 Å². The Morgan fingerprint density at radius 3 is 3.17 bits per heavy atom. The monoisotopic (exact) mass is 274 g/mol. The molecule has 1 aliphatic rings. The molecule has 7 heteroatoms. The molecule has 1 aromatic heterocycles. The van der Waals surface area contributed by atoms with Gasteiger partial charge in [-0.1, -0.05) is 0 Å². The quantitative estimate of drug-likeness (QED) is 0.724. The largest absolute Gasteiger partial charge is 0.388 e. The average Bonchev–Trinajstić information content (AvgIpc) is 2.34. The maximum absolute atomic E-state index is 13.5. The molecule has 0 saturated heterocycles. The van der Waals surface area contributed by atoms with Crippen molar-refractivity contribution in [3.8, 4) is 0 Å². The van der Waals surface area contributed by atoms with Crippen LogP contribution in [-0.4, -0.2) is 33.3 Å². The first kappa shape index (κ1) is 13.5. The predicted octanol–water partition coefficient (Wildman–Crippen LogP) is 1.31. The maximum atomic E-state index is 13.5. The molecule has 1 saturated carbocycles. The van der Waals surface area contributed by atoms with Crippen LogP contribution in [0.1, 0.15) is 25.7 Å². The van der Waals surface area contributed by atoms with Crippen LogP contribution in [0.4, 0.5) is 10.2 Å². The van der Waals surface area contributed by atoms with Crippen molar-refractivity contribution in [3.05, 3.63) is 17.3 Å². The number of anilines is 1. The minimum Gasteiger partial charge on any atom is -0.388 e. The van der Waals surface area contributed by atoms with Crippen molar-refractivity contribution in [2.45, 2.75) is 37.3 Å². The Labute approximate surface area is 110 Å². The minimum atomic E-state index is -0.872. The second kappa shape index (κ2) is 5.34. The number of nitrogens with zero attached hydrogens (tertiary/aromatic N) is 2. The third-order valence-electron chi connectivity index (χ3n) is 3.26. The molecule has 100 valence electrons. The molecule has 2 atom stereocenters. The number of rotatable bonds is 3. The number of aliphatic hydroxyl groups is 1. The van der Waals surface area contributed by atoms with E-state index in [1.807, 2.05) is 0 Å². The summed E-state index contributed by atoms with van der Waals surface area (Å²) >= 11 is 5.62. The molecule has 0 unspecified atom stereocenters. The zero-order chi connectivity index (χ0) is 13.2. The zero-order valence-electron chi connectivity index (χ0n) is 9.87. The van der Waals surface area contributed by atoms with E-state index in [1.54, 1.807) is 0 Å². The lowest BCUT2D eigenvalue weighted by molar-refractivity contribution is 0.00860. The topological polar surface area (TPSA) is 84.1 Å². The number of hydrogen-bond donors (Lipinski definition) is 3. The summed E-state index contributed by atoms with van der Waals surface area (Å²) in [5.74, 6) is -0.484. The standard InChI is InChI=1S/C11H16ClFN4O/c12-10-15-5-8(13)9(17-10)16-7-2-1-3-11(18,4-7)6-14/h5,7,18H,1-4,6,14H2,(H,15,16,17)/t7-,11-/m0/s1. The zero-order valence-corrected chi connectivity index (χ0v) is 10.6. The Balaban J connectivity index is 2.07. The molecule has 1 fully saturated rings. The number of halogens is 2. The van der Waals surface area contributed by atoms with Gasteiger partial charge in [0.25, 0.3) is 0 Å². The van der Waals surface area contributed by atoms with E-state index in [0.717, 1.165) is 19.0 Å². The third kappa shape index (κ3) is 3.07. The molecule has 1 aromatic rings. The van der Waals surface area contributed by atoms with Gasteiger partial charge < -0.3 is 16.2 Å². The van der Waals surface area contributed by atoms with Gasteiger partial charge >= 0.3 is 0 Å². The van der Waals surface area contributed by atoms with Crippen LogP contribution in [0.2, 0.25) is 5.28 Å². The van der Waals surface area contributed by atoms with Crippen LogP contribution in [0.3, 0.4) is 0 Å². The molecule has 1 aliphatic carbocycles. The van der Waals surface area contributed by atoms with Gasteiger partial charge in [0, 0.05) is 12.6 Å². The first-order valence-corrected chi connectivity index (χ1v) is 6.27. The van der Waals surface area contributed by atoms with E-state index < -0.39 is 11.4 Å². The van der Waals surface area contributed by atoms with Crippen molar-refractivity contribution in [3.63, 3.8) is 0 Å². The molecule has 2 rings (SSSR count). The van der Waals surface area contributed by atoms with Gasteiger partial charge in [-0.05, 0) is 37.3 Å². The van der Waals surface area contributed by atoms with Gasteiger partial charge in [-0.3, -0.25) is 0 Å². The summed E-state index contributed by atoms with van der Waals surface area (Å²) in [5, 5.41) is 13.1. The highest BCUT2D eigenvalue weighted by Crippen LogP contribution is 2.29. The molecule has 4 N–H and O–H groups in total. The Morgan fingerprint density at radius 2 is 2.44 bits per heavy atom. The molecule has 0 radical (unpaired) electrons. The summed E-state index contributed by atoms with van der Waals surface area (Å²) in [5.41, 5.74) is 4.68. The molecule has 0 amide bonds. The van der Waals surface area contributed by atoms with E-state index in [2.05, 4.69) is 15.3 Å². The summed E-state index contributed by atoms with van der Waals surface area (Å²) in [7, 11) is 0. The molecule has 1 heterocycles. The normalized spacial score (nSPS) is 28.1. The highest BCUT2D eigenvalue weighted by atomic mass is 35.5. The number of hydrogen-bond acceptors (Lipinski definition) is 5. The number of nitrogens with one attached hydrogen (secondary N) is 1. The van der Waals surface area contributed by atoms with Crippen molar-refractivity contribution in [2.75, 3.05) is 11.9 Å². The van der Waals surface area contributed by atoms with E-state index in [4.69, 9.17) is 17.3 Å². The maximum Gasteiger partial charge on any atom is 0.224 e. The van der Waals surface area contributed by atoms with Gasteiger partial charge in [-0.25, -0.2) is 9.37 Å². The SMILES string of the molecule is NC[C@]1(O)CCC[C@H](Nc2nc(Cl)ncc2F)C1. The lowest BCUT2D eigenvalue weighted by atomic mass is 9.82. The van der Waals surface area contributed by atoms with E-state index in [1.165, 1.54) is 0 Å². The van der Waals surface area contributed by atoms with E-state index >= 15 is 0 Å². The smallest absolute Gasteiger partial charge is 0.224 e. The van der Waals surface area contributed by atoms with Gasteiger partial charge in [0.15, 0.2) is 11.6 Å². The summed E-state index contributed by atoms with van der Waals surface area (Å²) in [6.07, 6.45) is 3.85. The average molecular weight is 275 g/mol. The van der Waals surface area contributed by atoms with Crippen molar-refractivity contribution < 1.29 is 9.50 Å². The van der Waals surface area contributed by atoms with Gasteiger partial charge in [0.2, 0.25) is 5.28 Å².